The van der Waals surface area contributed by atoms with E-state index in [4.69, 9.17) is 18.9 Å². The van der Waals surface area contributed by atoms with Gasteiger partial charge in [0.2, 0.25) is 0 Å². The van der Waals surface area contributed by atoms with E-state index in [0.29, 0.717) is 45.9 Å². The van der Waals surface area contributed by atoms with Gasteiger partial charge in [0.1, 0.15) is 0 Å². The Labute approximate surface area is 211 Å². The Kier molecular flexibility index (Phi) is 19.6. The minimum absolute atomic E-state index is 0.0224. The van der Waals surface area contributed by atoms with Crippen molar-refractivity contribution in [3.63, 3.8) is 0 Å². The lowest BCUT2D eigenvalue weighted by molar-refractivity contribution is -0.147. The number of ether oxygens (including phenoxy) is 4. The molecule has 0 aromatic carbocycles. The third kappa shape index (κ3) is 27.7. The molecular formula is C25H48O6S2. The topological polar surface area (TPSA) is 71.1 Å². The molecule has 0 atom stereocenters. The van der Waals surface area contributed by atoms with Gasteiger partial charge in [-0.15, -0.1) is 0 Å². The molecule has 33 heavy (non-hydrogen) atoms. The van der Waals surface area contributed by atoms with Crippen molar-refractivity contribution in [3.05, 3.63) is 0 Å². The third-order valence-electron chi connectivity index (χ3n) is 4.04. The van der Waals surface area contributed by atoms with Crippen LogP contribution in [0.15, 0.2) is 0 Å². The summed E-state index contributed by atoms with van der Waals surface area (Å²) in [5.41, 5.74) is 0.0500. The lowest BCUT2D eigenvalue weighted by atomic mass is 9.99. The highest BCUT2D eigenvalue weighted by molar-refractivity contribution is 7.99. The van der Waals surface area contributed by atoms with Crippen molar-refractivity contribution < 1.29 is 28.5 Å². The molecule has 0 spiro atoms. The maximum atomic E-state index is 11.6. The summed E-state index contributed by atoms with van der Waals surface area (Å²) in [7, 11) is 0. The minimum Gasteiger partial charge on any atom is -0.465 e. The number of esters is 2. The van der Waals surface area contributed by atoms with E-state index in [-0.39, 0.29) is 22.8 Å². The second-order valence-electron chi connectivity index (χ2n) is 10.5. The molecular weight excluding hydrogens is 460 g/mol. The molecule has 0 aliphatic rings. The minimum atomic E-state index is -0.103. The van der Waals surface area contributed by atoms with Crippen molar-refractivity contribution in [2.45, 2.75) is 73.6 Å². The van der Waals surface area contributed by atoms with Crippen LogP contribution in [-0.2, 0) is 28.5 Å². The van der Waals surface area contributed by atoms with E-state index in [0.717, 1.165) is 48.9 Å². The van der Waals surface area contributed by atoms with E-state index in [1.54, 1.807) is 11.8 Å². The monoisotopic (exact) mass is 508 g/mol. The van der Waals surface area contributed by atoms with Gasteiger partial charge >= 0.3 is 11.9 Å². The highest BCUT2D eigenvalue weighted by Gasteiger charge is 2.14. The van der Waals surface area contributed by atoms with Gasteiger partial charge in [0.15, 0.2) is 0 Å². The van der Waals surface area contributed by atoms with Gasteiger partial charge in [-0.1, -0.05) is 41.5 Å². The number of unbranched alkanes of at least 4 members (excludes halogenated alkanes) is 1. The highest BCUT2D eigenvalue weighted by atomic mass is 32.2. The molecule has 0 heterocycles. The van der Waals surface area contributed by atoms with Crippen LogP contribution in [0.3, 0.4) is 0 Å². The van der Waals surface area contributed by atoms with Crippen LogP contribution in [0, 0.1) is 10.8 Å². The number of carbonyl (C=O) groups excluding carboxylic acids is 2. The summed E-state index contributed by atoms with van der Waals surface area (Å²) < 4.78 is 21.7. The number of carbonyl (C=O) groups is 2. The predicted molar refractivity (Wildman–Crippen MR) is 140 cm³/mol. The maximum Gasteiger partial charge on any atom is 0.305 e. The zero-order valence-corrected chi connectivity index (χ0v) is 23.5. The highest BCUT2D eigenvalue weighted by Crippen LogP contribution is 2.15. The molecule has 0 bridgehead atoms. The zero-order valence-electron chi connectivity index (χ0n) is 21.9. The molecule has 0 saturated carbocycles. The van der Waals surface area contributed by atoms with Crippen LogP contribution in [0.5, 0.6) is 0 Å². The first-order valence-corrected chi connectivity index (χ1v) is 14.4. The van der Waals surface area contributed by atoms with E-state index >= 15 is 0 Å². The number of hydrogen-bond acceptors (Lipinski definition) is 8. The van der Waals surface area contributed by atoms with Gasteiger partial charge in [0.25, 0.3) is 0 Å². The van der Waals surface area contributed by atoms with E-state index in [9.17, 15) is 9.59 Å². The van der Waals surface area contributed by atoms with Gasteiger partial charge in [-0.05, 0) is 41.6 Å². The Morgan fingerprint density at radius 3 is 1.45 bits per heavy atom. The molecule has 0 aromatic rings. The van der Waals surface area contributed by atoms with Crippen molar-refractivity contribution in [2.24, 2.45) is 10.8 Å². The van der Waals surface area contributed by atoms with Crippen LogP contribution in [0.1, 0.15) is 73.6 Å². The molecule has 0 amide bonds. The van der Waals surface area contributed by atoms with Crippen LogP contribution < -0.4 is 0 Å². The molecule has 0 saturated heterocycles. The Hall–Kier alpha value is -0.440. The normalized spacial score (nSPS) is 12.1. The molecule has 0 aliphatic heterocycles. The summed E-state index contributed by atoms with van der Waals surface area (Å²) >= 11 is 3.65. The fourth-order valence-electron chi connectivity index (χ4n) is 2.29. The average Bonchev–Trinajstić information content (AvgIpc) is 2.72. The summed E-state index contributed by atoms with van der Waals surface area (Å²) in [4.78, 5) is 23.3. The third-order valence-corrected chi connectivity index (χ3v) is 6.10. The molecule has 0 aromatic heterocycles. The first-order valence-electron chi connectivity index (χ1n) is 12.1. The van der Waals surface area contributed by atoms with E-state index < -0.39 is 0 Å². The van der Waals surface area contributed by atoms with Crippen LogP contribution in [0.25, 0.3) is 0 Å². The molecule has 0 N–H and O–H groups in total. The van der Waals surface area contributed by atoms with Crippen molar-refractivity contribution in [1.29, 1.82) is 0 Å². The average molecular weight is 509 g/mol. The summed E-state index contributed by atoms with van der Waals surface area (Å²) in [6.07, 6.45) is 3.74. The van der Waals surface area contributed by atoms with Crippen molar-refractivity contribution in [3.8, 4) is 0 Å². The Balaban J connectivity index is 3.24. The van der Waals surface area contributed by atoms with Gasteiger partial charge in [0.05, 0.1) is 39.6 Å². The molecule has 0 fully saturated rings. The second-order valence-corrected chi connectivity index (χ2v) is 12.9. The Morgan fingerprint density at radius 2 is 1.00 bits per heavy atom. The fraction of sp³-hybridized carbons (Fsp3) is 0.920. The van der Waals surface area contributed by atoms with Crippen LogP contribution >= 0.6 is 23.5 Å². The summed E-state index contributed by atoms with van der Waals surface area (Å²) in [6.45, 7) is 16.0. The van der Waals surface area contributed by atoms with Gasteiger partial charge in [0, 0.05) is 24.3 Å². The van der Waals surface area contributed by atoms with Gasteiger partial charge in [-0.2, -0.15) is 23.5 Å². The van der Waals surface area contributed by atoms with E-state index in [1.165, 1.54) is 0 Å². The fourth-order valence-corrected chi connectivity index (χ4v) is 3.93. The number of thioether (sulfide) groups is 2. The van der Waals surface area contributed by atoms with Gasteiger partial charge < -0.3 is 18.9 Å². The predicted octanol–water partition coefficient (Wildman–Crippen LogP) is 5.62. The number of rotatable bonds is 20. The van der Waals surface area contributed by atoms with Crippen LogP contribution in [-0.4, -0.2) is 74.6 Å². The Bertz CT molecular complexity index is 456. The smallest absolute Gasteiger partial charge is 0.305 e. The lowest BCUT2D eigenvalue weighted by Crippen LogP contribution is -2.18. The largest absolute Gasteiger partial charge is 0.465 e. The van der Waals surface area contributed by atoms with E-state index in [2.05, 4.69) is 41.5 Å². The van der Waals surface area contributed by atoms with Gasteiger partial charge in [-0.3, -0.25) is 9.59 Å². The second kappa shape index (κ2) is 19.8. The summed E-state index contributed by atoms with van der Waals surface area (Å²) in [5.74, 6) is 3.68. The molecule has 6 nitrogen and oxygen atoms in total. The van der Waals surface area contributed by atoms with Crippen LogP contribution in [0.4, 0.5) is 0 Å². The molecule has 196 valence electrons. The van der Waals surface area contributed by atoms with Crippen LogP contribution in [0.2, 0.25) is 0 Å². The maximum absolute atomic E-state index is 11.6. The molecule has 8 heteroatoms. The zero-order chi connectivity index (χ0) is 25.0. The molecule has 0 unspecified atom stereocenters. The molecule has 0 radical (unpaired) electrons. The molecule has 0 rings (SSSR count). The van der Waals surface area contributed by atoms with Crippen molar-refractivity contribution in [1.82, 2.24) is 0 Å². The van der Waals surface area contributed by atoms with Crippen molar-refractivity contribution >= 4 is 35.5 Å². The number of hydrogen-bond donors (Lipinski definition) is 0. The van der Waals surface area contributed by atoms with Gasteiger partial charge in [-0.25, -0.2) is 0 Å². The van der Waals surface area contributed by atoms with E-state index in [1.807, 2.05) is 11.8 Å². The quantitative estimate of drug-likeness (QED) is 0.155. The van der Waals surface area contributed by atoms with Crippen molar-refractivity contribution in [2.75, 3.05) is 62.7 Å². The lowest BCUT2D eigenvalue weighted by Gasteiger charge is -2.17. The standard InChI is InChI=1S/C25H48O6S2/c1-24(2,3)20-30-22(26)10-7-8-16-32-18-14-28-12-13-29-15-19-33-17-9-11-23(27)31-21-25(4,5)6/h7-21H2,1-6H3. The first-order chi connectivity index (χ1) is 15.5. The summed E-state index contributed by atoms with van der Waals surface area (Å²) in [6, 6.07) is 0. The SMILES string of the molecule is CC(C)(C)COC(=O)CCCCSCCOCCOCCSCCCC(=O)OCC(C)(C)C. The summed E-state index contributed by atoms with van der Waals surface area (Å²) in [5, 5.41) is 0. The first kappa shape index (κ1) is 32.6. The molecule has 0 aliphatic carbocycles. The Morgan fingerprint density at radius 1 is 0.576 bits per heavy atom.